The van der Waals surface area contributed by atoms with E-state index in [0.29, 0.717) is 0 Å². The normalized spacial score (nSPS) is 13.4. The average Bonchev–Trinajstić information content (AvgIpc) is 2.78. The molecule has 1 aromatic heterocycles. The molecular weight excluding hydrogens is 349 g/mol. The maximum atomic E-state index is 12.3. The van der Waals surface area contributed by atoms with Gasteiger partial charge in [0.25, 0.3) is 0 Å². The third-order valence-corrected chi connectivity index (χ3v) is 4.99. The van der Waals surface area contributed by atoms with E-state index in [2.05, 4.69) is 25.3 Å². The van der Waals surface area contributed by atoms with Crippen LogP contribution in [0.3, 0.4) is 0 Å². The lowest BCUT2D eigenvalue weighted by Gasteiger charge is -2.13. The molecule has 0 spiro atoms. The number of nitrogens with zero attached hydrogens (tertiary/aromatic N) is 3. The highest BCUT2D eigenvalue weighted by molar-refractivity contribution is 7.89. The molecule has 108 valence electrons. The van der Waals surface area contributed by atoms with E-state index in [-0.39, 0.29) is 25.8 Å². The first-order valence-electron chi connectivity index (χ1n) is 5.21. The van der Waals surface area contributed by atoms with E-state index in [0.717, 1.165) is 0 Å². The molecule has 11 heteroatoms. The lowest BCUT2D eigenvalue weighted by Crippen LogP contribution is -2.28. The number of hydrogen-bond donors (Lipinski definition) is 2. The summed E-state index contributed by atoms with van der Waals surface area (Å²) in [6.45, 7) is 1.56. The number of aromatic nitrogens is 4. The van der Waals surface area contributed by atoms with Crippen molar-refractivity contribution >= 4 is 44.8 Å². The maximum absolute atomic E-state index is 12.3. The fourth-order valence-corrected chi connectivity index (χ4v) is 4.23. The quantitative estimate of drug-likeness (QED) is 0.874. The largest absolute Gasteiger partial charge is 0.244 e. The summed E-state index contributed by atoms with van der Waals surface area (Å²) in [5.74, 6) is 0.190. The van der Waals surface area contributed by atoms with Crippen LogP contribution in [0.4, 0.5) is 0 Å². The van der Waals surface area contributed by atoms with E-state index in [4.69, 9.17) is 34.8 Å². The minimum Gasteiger partial charge on any atom is -0.207 e. The van der Waals surface area contributed by atoms with Crippen molar-refractivity contribution < 1.29 is 8.42 Å². The van der Waals surface area contributed by atoms with Crippen molar-refractivity contribution in [3.63, 3.8) is 0 Å². The lowest BCUT2D eigenvalue weighted by atomic mass is 10.3. The highest BCUT2D eigenvalue weighted by atomic mass is 35.5. The Labute approximate surface area is 129 Å². The average molecular weight is 357 g/mol. The van der Waals surface area contributed by atoms with Gasteiger partial charge in [-0.1, -0.05) is 40.0 Å². The first-order valence-corrected chi connectivity index (χ1v) is 7.83. The van der Waals surface area contributed by atoms with Crippen molar-refractivity contribution in [2.75, 3.05) is 0 Å². The van der Waals surface area contributed by atoms with Gasteiger partial charge in [0.15, 0.2) is 5.82 Å². The summed E-state index contributed by atoms with van der Waals surface area (Å²) in [6.07, 6.45) is 0. The van der Waals surface area contributed by atoms with Crippen LogP contribution in [0.25, 0.3) is 0 Å². The first kappa shape index (κ1) is 15.5. The third-order valence-electron chi connectivity index (χ3n) is 2.31. The van der Waals surface area contributed by atoms with Crippen LogP contribution in [0.5, 0.6) is 0 Å². The fourth-order valence-electron chi connectivity index (χ4n) is 1.48. The maximum Gasteiger partial charge on any atom is 0.244 e. The van der Waals surface area contributed by atoms with E-state index >= 15 is 0 Å². The number of benzene rings is 1. The number of halogens is 3. The number of H-pyrrole nitrogens is 1. The second kappa shape index (κ2) is 5.82. The molecule has 0 saturated heterocycles. The highest BCUT2D eigenvalue weighted by Crippen LogP contribution is 2.33. The van der Waals surface area contributed by atoms with Crippen molar-refractivity contribution in [1.29, 1.82) is 0 Å². The molecule has 0 aliphatic rings. The Hall–Kier alpha value is -0.930. The molecule has 0 fully saturated rings. The molecular formula is C9H8Cl3N5O2S. The molecule has 0 bridgehead atoms. The predicted molar refractivity (Wildman–Crippen MR) is 74.4 cm³/mol. The van der Waals surface area contributed by atoms with Crippen LogP contribution in [0, 0.1) is 0 Å². The molecule has 7 nitrogen and oxygen atoms in total. The zero-order chi connectivity index (χ0) is 14.9. The van der Waals surface area contributed by atoms with Gasteiger partial charge in [0.1, 0.15) is 4.90 Å². The molecule has 2 rings (SSSR count). The van der Waals surface area contributed by atoms with Gasteiger partial charge in [-0.3, -0.25) is 0 Å². The second-order valence-corrected chi connectivity index (χ2v) is 6.71. The summed E-state index contributed by atoms with van der Waals surface area (Å²) in [6, 6.07) is 1.88. The van der Waals surface area contributed by atoms with E-state index in [1.807, 2.05) is 0 Å². The Kier molecular flexibility index (Phi) is 4.50. The fraction of sp³-hybridized carbons (Fsp3) is 0.222. The Bertz CT molecular complexity index is 696. The van der Waals surface area contributed by atoms with Gasteiger partial charge >= 0.3 is 0 Å². The molecule has 2 aromatic rings. The zero-order valence-corrected chi connectivity index (χ0v) is 13.0. The number of hydrogen-bond acceptors (Lipinski definition) is 5. The molecule has 2 N–H and O–H groups in total. The number of aromatic amines is 1. The molecule has 20 heavy (non-hydrogen) atoms. The zero-order valence-electron chi connectivity index (χ0n) is 9.93. The predicted octanol–water partition coefficient (Wildman–Crippen LogP) is 2.20. The summed E-state index contributed by atoms with van der Waals surface area (Å²) >= 11 is 17.5. The van der Waals surface area contributed by atoms with Crippen LogP contribution >= 0.6 is 34.8 Å². The topological polar surface area (TPSA) is 101 Å². The summed E-state index contributed by atoms with van der Waals surface area (Å²) in [5, 5.41) is 13.1. The van der Waals surface area contributed by atoms with Gasteiger partial charge in [0.05, 0.1) is 16.1 Å². The van der Waals surface area contributed by atoms with Crippen LogP contribution < -0.4 is 4.72 Å². The van der Waals surface area contributed by atoms with Gasteiger partial charge in [-0.2, -0.15) is 5.21 Å². The van der Waals surface area contributed by atoms with Gasteiger partial charge in [0.2, 0.25) is 10.0 Å². The van der Waals surface area contributed by atoms with Crippen LogP contribution in [0.15, 0.2) is 17.0 Å². The van der Waals surface area contributed by atoms with E-state index in [1.54, 1.807) is 6.92 Å². The molecule has 0 aliphatic carbocycles. The molecule has 0 aliphatic heterocycles. The minimum atomic E-state index is -3.96. The SMILES string of the molecule is CC(NS(=O)(=O)c1c(Cl)cc(Cl)cc1Cl)c1nn[nH]n1. The lowest BCUT2D eigenvalue weighted by molar-refractivity contribution is 0.560. The molecule has 1 heterocycles. The number of nitrogens with one attached hydrogen (secondary N) is 2. The Morgan fingerprint density at radius 3 is 2.35 bits per heavy atom. The monoisotopic (exact) mass is 355 g/mol. The van der Waals surface area contributed by atoms with Crippen molar-refractivity contribution in [1.82, 2.24) is 25.3 Å². The van der Waals surface area contributed by atoms with E-state index in [1.165, 1.54) is 12.1 Å². The summed E-state index contributed by atoms with van der Waals surface area (Å²) in [7, 11) is -3.96. The Morgan fingerprint density at radius 1 is 1.25 bits per heavy atom. The first-order chi connectivity index (χ1) is 9.31. The van der Waals surface area contributed by atoms with Crippen LogP contribution in [0.1, 0.15) is 18.8 Å². The second-order valence-electron chi connectivity index (χ2n) is 3.81. The van der Waals surface area contributed by atoms with Crippen LogP contribution in [-0.2, 0) is 10.0 Å². The Balaban J connectivity index is 2.37. The van der Waals surface area contributed by atoms with Gasteiger partial charge in [-0.25, -0.2) is 13.1 Å². The smallest absolute Gasteiger partial charge is 0.207 e. The van der Waals surface area contributed by atoms with Crippen molar-refractivity contribution in [3.8, 4) is 0 Å². The van der Waals surface area contributed by atoms with Crippen molar-refractivity contribution in [2.24, 2.45) is 0 Å². The van der Waals surface area contributed by atoms with Crippen molar-refractivity contribution in [2.45, 2.75) is 17.9 Å². The molecule has 0 saturated carbocycles. The van der Waals surface area contributed by atoms with E-state index in [9.17, 15) is 8.42 Å². The van der Waals surface area contributed by atoms with Gasteiger partial charge in [-0.05, 0) is 19.1 Å². The van der Waals surface area contributed by atoms with Gasteiger partial charge in [0, 0.05) is 5.02 Å². The third kappa shape index (κ3) is 3.21. The summed E-state index contributed by atoms with van der Waals surface area (Å²) < 4.78 is 26.9. The number of sulfonamides is 1. The summed E-state index contributed by atoms with van der Waals surface area (Å²) in [5.41, 5.74) is 0. The molecule has 1 atom stereocenters. The molecule has 1 unspecified atom stereocenters. The van der Waals surface area contributed by atoms with Crippen molar-refractivity contribution in [3.05, 3.63) is 33.0 Å². The van der Waals surface area contributed by atoms with Crippen LogP contribution in [-0.4, -0.2) is 29.0 Å². The summed E-state index contributed by atoms with van der Waals surface area (Å²) in [4.78, 5) is -0.249. The number of rotatable bonds is 4. The van der Waals surface area contributed by atoms with Gasteiger partial charge in [-0.15, -0.1) is 10.2 Å². The highest BCUT2D eigenvalue weighted by Gasteiger charge is 2.26. The Morgan fingerprint density at radius 2 is 1.85 bits per heavy atom. The van der Waals surface area contributed by atoms with E-state index < -0.39 is 16.1 Å². The molecule has 1 aromatic carbocycles. The van der Waals surface area contributed by atoms with Crippen LogP contribution in [0.2, 0.25) is 15.1 Å². The number of tetrazole rings is 1. The molecule has 0 amide bonds. The standard InChI is InChI=1S/C9H8Cl3N5O2S/c1-4(9-13-16-17-14-9)15-20(18,19)8-6(11)2-5(10)3-7(8)12/h2-4,15H,1H3,(H,13,14,16,17). The molecule has 0 radical (unpaired) electrons. The van der Waals surface area contributed by atoms with Gasteiger partial charge < -0.3 is 0 Å². The minimum absolute atomic E-state index is 0.0738.